The van der Waals surface area contributed by atoms with Crippen molar-refractivity contribution in [2.75, 3.05) is 18.0 Å². The van der Waals surface area contributed by atoms with Gasteiger partial charge in [-0.15, -0.1) is 0 Å². The lowest BCUT2D eigenvalue weighted by atomic mass is 10.1. The van der Waals surface area contributed by atoms with Crippen LogP contribution in [0.1, 0.15) is 30.5 Å². The number of halogens is 3. The molecule has 0 spiro atoms. The maximum absolute atomic E-state index is 13.1. The molecule has 3 aromatic rings. The Morgan fingerprint density at radius 2 is 1.62 bits per heavy atom. The number of hydrogen-bond acceptors (Lipinski definition) is 5. The number of carbonyl (C=O) groups excluding carboxylic acids is 2. The lowest BCUT2D eigenvalue weighted by molar-refractivity contribution is -0.123. The predicted molar refractivity (Wildman–Crippen MR) is 154 cm³/mol. The van der Waals surface area contributed by atoms with Crippen LogP contribution in [0.2, 0.25) is 15.1 Å². The standard InChI is InChI=1S/C28H25Cl3N2O3S/c1-3-32(4-2)23-12-8-19(25(15-23)36-17-20-7-11-22(30)14-24(20)31)13-26-27(34)33(28(35)37-26)16-18-5-9-21(29)10-6-18/h5-15H,3-4,16-17H2,1-2H3/b26-13+. The van der Waals surface area contributed by atoms with Crippen molar-refractivity contribution in [3.05, 3.63) is 97.3 Å². The van der Waals surface area contributed by atoms with E-state index in [0.29, 0.717) is 31.3 Å². The van der Waals surface area contributed by atoms with Gasteiger partial charge in [0.15, 0.2) is 0 Å². The van der Waals surface area contributed by atoms with E-state index in [1.54, 1.807) is 42.5 Å². The molecule has 0 aliphatic carbocycles. The Morgan fingerprint density at radius 1 is 0.919 bits per heavy atom. The third-order valence-corrected chi connectivity index (χ3v) is 7.68. The van der Waals surface area contributed by atoms with Crippen LogP contribution >= 0.6 is 46.6 Å². The fourth-order valence-electron chi connectivity index (χ4n) is 3.90. The summed E-state index contributed by atoms with van der Waals surface area (Å²) < 4.78 is 6.20. The van der Waals surface area contributed by atoms with Crippen LogP contribution in [-0.4, -0.2) is 29.1 Å². The molecule has 1 fully saturated rings. The minimum atomic E-state index is -0.343. The second-order valence-corrected chi connectivity index (χ2v) is 10.6. The van der Waals surface area contributed by atoms with E-state index in [1.807, 2.05) is 24.3 Å². The summed E-state index contributed by atoms with van der Waals surface area (Å²) in [6.45, 7) is 6.24. The van der Waals surface area contributed by atoms with E-state index >= 15 is 0 Å². The van der Waals surface area contributed by atoms with Crippen molar-refractivity contribution in [2.24, 2.45) is 0 Å². The van der Waals surface area contributed by atoms with E-state index in [4.69, 9.17) is 39.5 Å². The van der Waals surface area contributed by atoms with Gasteiger partial charge in [0.2, 0.25) is 0 Å². The molecule has 192 valence electrons. The number of thioether (sulfide) groups is 1. The van der Waals surface area contributed by atoms with E-state index in [-0.39, 0.29) is 24.3 Å². The summed E-state index contributed by atoms with van der Waals surface area (Å²) >= 11 is 19.2. The molecular weight excluding hydrogens is 551 g/mol. The number of anilines is 1. The zero-order chi connectivity index (χ0) is 26.5. The van der Waals surface area contributed by atoms with Gasteiger partial charge in [-0.05, 0) is 73.6 Å². The molecule has 0 saturated carbocycles. The van der Waals surface area contributed by atoms with Crippen LogP contribution in [0.15, 0.2) is 65.6 Å². The second-order valence-electron chi connectivity index (χ2n) is 8.31. The van der Waals surface area contributed by atoms with E-state index in [9.17, 15) is 9.59 Å². The molecule has 1 heterocycles. The minimum absolute atomic E-state index is 0.179. The van der Waals surface area contributed by atoms with Crippen LogP contribution < -0.4 is 9.64 Å². The van der Waals surface area contributed by atoms with Gasteiger partial charge in [0, 0.05) is 51.0 Å². The van der Waals surface area contributed by atoms with Crippen LogP contribution in [0.3, 0.4) is 0 Å². The Labute approximate surface area is 235 Å². The van der Waals surface area contributed by atoms with Crippen molar-refractivity contribution >= 4 is 69.5 Å². The molecule has 3 aromatic carbocycles. The van der Waals surface area contributed by atoms with Crippen LogP contribution in [-0.2, 0) is 17.9 Å². The number of amides is 2. The molecule has 1 aliphatic heterocycles. The lowest BCUT2D eigenvalue weighted by Crippen LogP contribution is -2.27. The third kappa shape index (κ3) is 6.63. The van der Waals surface area contributed by atoms with E-state index in [0.717, 1.165) is 41.7 Å². The molecule has 0 N–H and O–H groups in total. The normalized spacial score (nSPS) is 14.5. The van der Waals surface area contributed by atoms with Gasteiger partial charge in [0.25, 0.3) is 11.1 Å². The van der Waals surface area contributed by atoms with Crippen molar-refractivity contribution in [3.63, 3.8) is 0 Å². The van der Waals surface area contributed by atoms with Crippen molar-refractivity contribution < 1.29 is 14.3 Å². The molecule has 1 aliphatic rings. The van der Waals surface area contributed by atoms with Crippen molar-refractivity contribution in [2.45, 2.75) is 27.0 Å². The number of ether oxygens (including phenoxy) is 1. The zero-order valence-electron chi connectivity index (χ0n) is 20.3. The largest absolute Gasteiger partial charge is 0.488 e. The molecule has 0 atom stereocenters. The van der Waals surface area contributed by atoms with Crippen LogP contribution in [0.5, 0.6) is 5.75 Å². The smallest absolute Gasteiger partial charge is 0.293 e. The Balaban J connectivity index is 1.62. The zero-order valence-corrected chi connectivity index (χ0v) is 23.4. The predicted octanol–water partition coefficient (Wildman–Crippen LogP) is 8.31. The van der Waals surface area contributed by atoms with Gasteiger partial charge in [0.1, 0.15) is 12.4 Å². The van der Waals surface area contributed by atoms with Crippen LogP contribution in [0.4, 0.5) is 10.5 Å². The first-order valence-corrected chi connectivity index (χ1v) is 13.7. The molecule has 0 bridgehead atoms. The first-order valence-electron chi connectivity index (χ1n) is 11.7. The molecule has 1 saturated heterocycles. The Hall–Kier alpha value is -2.64. The average molecular weight is 576 g/mol. The highest BCUT2D eigenvalue weighted by molar-refractivity contribution is 8.18. The van der Waals surface area contributed by atoms with Crippen LogP contribution in [0.25, 0.3) is 6.08 Å². The number of imide groups is 1. The third-order valence-electron chi connectivity index (χ3n) is 5.94. The molecule has 37 heavy (non-hydrogen) atoms. The minimum Gasteiger partial charge on any atom is -0.488 e. The fraction of sp³-hybridized carbons (Fsp3) is 0.214. The van der Waals surface area contributed by atoms with Crippen molar-refractivity contribution in [3.8, 4) is 5.75 Å². The second kappa shape index (κ2) is 12.3. The van der Waals surface area contributed by atoms with E-state index in [1.165, 1.54) is 4.90 Å². The highest BCUT2D eigenvalue weighted by atomic mass is 35.5. The first kappa shape index (κ1) is 27.4. The van der Waals surface area contributed by atoms with Crippen molar-refractivity contribution in [1.82, 2.24) is 4.90 Å². The van der Waals surface area contributed by atoms with Crippen molar-refractivity contribution in [1.29, 1.82) is 0 Å². The average Bonchev–Trinajstić information content (AvgIpc) is 3.14. The molecule has 0 radical (unpaired) electrons. The fourth-order valence-corrected chi connectivity index (χ4v) is 5.32. The molecule has 5 nitrogen and oxygen atoms in total. The number of hydrogen-bond donors (Lipinski definition) is 0. The van der Waals surface area contributed by atoms with Gasteiger partial charge < -0.3 is 9.64 Å². The highest BCUT2D eigenvalue weighted by Crippen LogP contribution is 2.36. The Kier molecular flexibility index (Phi) is 9.08. The topological polar surface area (TPSA) is 49.9 Å². The van der Waals surface area contributed by atoms with Gasteiger partial charge >= 0.3 is 0 Å². The van der Waals surface area contributed by atoms with Gasteiger partial charge in [-0.1, -0.05) is 53.0 Å². The molecule has 9 heteroatoms. The van der Waals surface area contributed by atoms with Gasteiger partial charge in [-0.25, -0.2) is 0 Å². The summed E-state index contributed by atoms with van der Waals surface area (Å²) in [5.74, 6) is 0.240. The molecule has 0 unspecified atom stereocenters. The quantitative estimate of drug-likeness (QED) is 0.240. The maximum Gasteiger partial charge on any atom is 0.293 e. The van der Waals surface area contributed by atoms with Gasteiger partial charge in [-0.2, -0.15) is 0 Å². The summed E-state index contributed by atoms with van der Waals surface area (Å²) in [5.41, 5.74) is 3.29. The molecule has 0 aromatic heterocycles. The maximum atomic E-state index is 13.1. The summed E-state index contributed by atoms with van der Waals surface area (Å²) in [6, 6.07) is 18.2. The number of nitrogens with zero attached hydrogens (tertiary/aromatic N) is 2. The van der Waals surface area contributed by atoms with Crippen LogP contribution in [0, 0.1) is 0 Å². The summed E-state index contributed by atoms with van der Waals surface area (Å²) in [7, 11) is 0. The highest BCUT2D eigenvalue weighted by Gasteiger charge is 2.35. The lowest BCUT2D eigenvalue weighted by Gasteiger charge is -2.22. The first-order chi connectivity index (χ1) is 17.8. The van der Waals surface area contributed by atoms with Gasteiger partial charge in [0.05, 0.1) is 11.4 Å². The number of rotatable bonds is 9. The Bertz CT molecular complexity index is 1340. The number of carbonyl (C=O) groups is 2. The number of benzene rings is 3. The SMILES string of the molecule is CCN(CC)c1ccc(/C=C2/SC(=O)N(Cc3ccc(Cl)cc3)C2=O)c(OCc2ccc(Cl)cc2Cl)c1. The van der Waals surface area contributed by atoms with E-state index in [2.05, 4.69) is 18.7 Å². The van der Waals surface area contributed by atoms with E-state index < -0.39 is 0 Å². The monoisotopic (exact) mass is 574 g/mol. The Morgan fingerprint density at radius 3 is 2.30 bits per heavy atom. The summed E-state index contributed by atoms with van der Waals surface area (Å²) in [6.07, 6.45) is 1.71. The van der Waals surface area contributed by atoms with Gasteiger partial charge in [-0.3, -0.25) is 14.5 Å². The summed E-state index contributed by atoms with van der Waals surface area (Å²) in [5, 5.41) is 1.34. The molecular formula is C28H25Cl3N2O3S. The molecule has 2 amide bonds. The molecule has 4 rings (SSSR count). The summed E-state index contributed by atoms with van der Waals surface area (Å²) in [4.78, 5) is 29.6.